The van der Waals surface area contributed by atoms with Crippen LogP contribution in [0.25, 0.3) is 0 Å². The zero-order valence-electron chi connectivity index (χ0n) is 12.2. The number of nitriles is 1. The molecule has 0 aromatic heterocycles. The first-order chi connectivity index (χ1) is 9.86. The quantitative estimate of drug-likeness (QED) is 0.855. The molecule has 2 rings (SSSR count). The zero-order valence-corrected chi connectivity index (χ0v) is 13.8. The Morgan fingerprint density at radius 3 is 2.43 bits per heavy atom. The summed E-state index contributed by atoms with van der Waals surface area (Å²) in [6, 6.07) is 6.23. The van der Waals surface area contributed by atoms with Gasteiger partial charge in [-0.15, -0.1) is 0 Å². The van der Waals surface area contributed by atoms with E-state index in [-0.39, 0.29) is 21.5 Å². The van der Waals surface area contributed by atoms with Crippen molar-refractivity contribution in [3.63, 3.8) is 0 Å². The molecule has 0 bridgehead atoms. The van der Waals surface area contributed by atoms with Gasteiger partial charge in [-0.3, -0.25) is 0 Å². The molecule has 1 fully saturated rings. The average Bonchev–Trinajstić information content (AvgIpc) is 2.47. The first-order valence-corrected chi connectivity index (χ1v) is 8.85. The standard InChI is InChI=1S/C15H19ClN2O2S/c1-11-3-6-13(7-4-11)18(2)21(19,20)14-8-5-12(10-17)15(16)9-14/h5,8-9,11,13H,3-4,6-7H2,1-2H3. The number of hydrogen-bond donors (Lipinski definition) is 0. The summed E-state index contributed by atoms with van der Waals surface area (Å²) in [4.78, 5) is 0.146. The van der Waals surface area contributed by atoms with Crippen molar-refractivity contribution < 1.29 is 8.42 Å². The highest BCUT2D eigenvalue weighted by Crippen LogP contribution is 2.30. The average molecular weight is 327 g/mol. The number of nitrogens with zero attached hydrogens (tertiary/aromatic N) is 2. The molecule has 0 heterocycles. The van der Waals surface area contributed by atoms with Crippen molar-refractivity contribution in [3.05, 3.63) is 28.8 Å². The van der Waals surface area contributed by atoms with Gasteiger partial charge in [0.05, 0.1) is 15.5 Å². The fourth-order valence-electron chi connectivity index (χ4n) is 2.72. The summed E-state index contributed by atoms with van der Waals surface area (Å²) in [5, 5.41) is 9.03. The lowest BCUT2D eigenvalue weighted by atomic mass is 9.87. The van der Waals surface area contributed by atoms with Crippen molar-refractivity contribution in [1.82, 2.24) is 4.31 Å². The van der Waals surface area contributed by atoms with E-state index >= 15 is 0 Å². The Morgan fingerprint density at radius 1 is 1.29 bits per heavy atom. The van der Waals surface area contributed by atoms with Crippen LogP contribution in [0.15, 0.2) is 23.1 Å². The van der Waals surface area contributed by atoms with Crippen molar-refractivity contribution in [3.8, 4) is 6.07 Å². The first kappa shape index (κ1) is 16.3. The van der Waals surface area contributed by atoms with Crippen LogP contribution in [0.3, 0.4) is 0 Å². The highest BCUT2D eigenvalue weighted by molar-refractivity contribution is 7.89. The summed E-state index contributed by atoms with van der Waals surface area (Å²) in [6.07, 6.45) is 3.89. The van der Waals surface area contributed by atoms with Crippen LogP contribution >= 0.6 is 11.6 Å². The fourth-order valence-corrected chi connectivity index (χ4v) is 4.45. The van der Waals surface area contributed by atoms with Crippen LogP contribution in [-0.2, 0) is 10.0 Å². The number of halogens is 1. The van der Waals surface area contributed by atoms with Crippen molar-refractivity contribution in [2.75, 3.05) is 7.05 Å². The lowest BCUT2D eigenvalue weighted by Gasteiger charge is -2.32. The predicted octanol–water partition coefficient (Wildman–Crippen LogP) is 3.41. The summed E-state index contributed by atoms with van der Waals surface area (Å²) >= 11 is 5.94. The molecule has 0 radical (unpaired) electrons. The van der Waals surface area contributed by atoms with Gasteiger partial charge in [-0.25, -0.2) is 8.42 Å². The van der Waals surface area contributed by atoms with Crippen LogP contribution in [0, 0.1) is 17.2 Å². The lowest BCUT2D eigenvalue weighted by molar-refractivity contribution is 0.246. The molecule has 0 saturated heterocycles. The van der Waals surface area contributed by atoms with Gasteiger partial charge in [-0.2, -0.15) is 9.57 Å². The third kappa shape index (κ3) is 3.39. The smallest absolute Gasteiger partial charge is 0.207 e. The largest absolute Gasteiger partial charge is 0.243 e. The number of hydrogen-bond acceptors (Lipinski definition) is 3. The molecule has 0 unspecified atom stereocenters. The molecule has 0 atom stereocenters. The maximum Gasteiger partial charge on any atom is 0.243 e. The van der Waals surface area contributed by atoms with Gasteiger partial charge in [0.25, 0.3) is 0 Å². The second kappa shape index (κ2) is 6.35. The Balaban J connectivity index is 2.25. The second-order valence-electron chi connectivity index (χ2n) is 5.69. The second-order valence-corrected chi connectivity index (χ2v) is 8.09. The third-order valence-corrected chi connectivity index (χ3v) is 6.46. The molecule has 1 saturated carbocycles. The molecule has 0 spiro atoms. The summed E-state index contributed by atoms with van der Waals surface area (Å²) in [5.74, 6) is 0.668. The highest BCUT2D eigenvalue weighted by Gasteiger charge is 2.30. The predicted molar refractivity (Wildman–Crippen MR) is 82.5 cm³/mol. The van der Waals surface area contributed by atoms with E-state index in [0.717, 1.165) is 25.7 Å². The topological polar surface area (TPSA) is 61.2 Å². The summed E-state index contributed by atoms with van der Waals surface area (Å²) in [5.41, 5.74) is 0.282. The lowest BCUT2D eigenvalue weighted by Crippen LogP contribution is -2.39. The van der Waals surface area contributed by atoms with Crippen molar-refractivity contribution in [1.29, 1.82) is 5.26 Å². The normalized spacial score (nSPS) is 23.0. The molecule has 6 heteroatoms. The van der Waals surface area contributed by atoms with Gasteiger partial charge in [0.1, 0.15) is 6.07 Å². The SMILES string of the molecule is CC1CCC(N(C)S(=O)(=O)c2ccc(C#N)c(Cl)c2)CC1. The molecule has 0 aliphatic heterocycles. The van der Waals surface area contributed by atoms with E-state index in [1.54, 1.807) is 7.05 Å². The van der Waals surface area contributed by atoms with Gasteiger partial charge in [0.2, 0.25) is 10.0 Å². The van der Waals surface area contributed by atoms with Crippen molar-refractivity contribution in [2.24, 2.45) is 5.92 Å². The number of rotatable bonds is 3. The molecular formula is C15H19ClN2O2S. The maximum absolute atomic E-state index is 12.6. The molecule has 4 nitrogen and oxygen atoms in total. The maximum atomic E-state index is 12.6. The van der Waals surface area contributed by atoms with E-state index < -0.39 is 10.0 Å². The molecule has 1 aromatic rings. The zero-order chi connectivity index (χ0) is 15.6. The minimum atomic E-state index is -3.56. The summed E-state index contributed by atoms with van der Waals surface area (Å²) < 4.78 is 26.8. The Hall–Kier alpha value is -1.09. The van der Waals surface area contributed by atoms with E-state index in [0.29, 0.717) is 5.92 Å². The molecule has 1 aliphatic rings. The third-order valence-electron chi connectivity index (χ3n) is 4.24. The highest BCUT2D eigenvalue weighted by atomic mass is 35.5. The van der Waals surface area contributed by atoms with Crippen LogP contribution in [0.1, 0.15) is 38.2 Å². The van der Waals surface area contributed by atoms with Gasteiger partial charge >= 0.3 is 0 Å². The Labute approximate surface area is 131 Å². The number of sulfonamides is 1. The molecule has 1 aliphatic carbocycles. The Morgan fingerprint density at radius 2 is 1.90 bits per heavy atom. The van der Waals surface area contributed by atoms with E-state index in [9.17, 15) is 8.42 Å². The fraction of sp³-hybridized carbons (Fsp3) is 0.533. The summed E-state index contributed by atoms with van der Waals surface area (Å²) in [6.45, 7) is 2.20. The van der Waals surface area contributed by atoms with E-state index in [1.165, 1.54) is 22.5 Å². The van der Waals surface area contributed by atoms with Gasteiger partial charge < -0.3 is 0 Å². The molecule has 21 heavy (non-hydrogen) atoms. The molecule has 0 N–H and O–H groups in total. The molecular weight excluding hydrogens is 308 g/mol. The van der Waals surface area contributed by atoms with Gasteiger partial charge in [0, 0.05) is 13.1 Å². The van der Waals surface area contributed by atoms with Crippen LogP contribution in [0.4, 0.5) is 0 Å². The molecule has 0 amide bonds. The van der Waals surface area contributed by atoms with Gasteiger partial charge in [0.15, 0.2) is 0 Å². The molecule has 1 aromatic carbocycles. The van der Waals surface area contributed by atoms with Gasteiger partial charge in [-0.05, 0) is 49.8 Å². The minimum Gasteiger partial charge on any atom is -0.207 e. The molecule has 114 valence electrons. The summed E-state index contributed by atoms with van der Waals surface area (Å²) in [7, 11) is -1.94. The van der Waals surface area contributed by atoms with Crippen LogP contribution in [0.5, 0.6) is 0 Å². The minimum absolute atomic E-state index is 0.0422. The van der Waals surface area contributed by atoms with E-state index in [1.807, 2.05) is 6.07 Å². The van der Waals surface area contributed by atoms with Crippen LogP contribution in [-0.4, -0.2) is 25.8 Å². The Kier molecular flexibility index (Phi) is 4.92. The number of benzene rings is 1. The van der Waals surface area contributed by atoms with Crippen molar-refractivity contribution in [2.45, 2.75) is 43.5 Å². The van der Waals surface area contributed by atoms with Gasteiger partial charge in [-0.1, -0.05) is 18.5 Å². The van der Waals surface area contributed by atoms with E-state index in [4.69, 9.17) is 16.9 Å². The van der Waals surface area contributed by atoms with Crippen molar-refractivity contribution >= 4 is 21.6 Å². The van der Waals surface area contributed by atoms with Crippen LogP contribution < -0.4 is 0 Å². The first-order valence-electron chi connectivity index (χ1n) is 7.04. The monoisotopic (exact) mass is 326 g/mol. The van der Waals surface area contributed by atoms with E-state index in [2.05, 4.69) is 6.92 Å². The van der Waals surface area contributed by atoms with Crippen LogP contribution in [0.2, 0.25) is 5.02 Å². The Bertz CT molecular complexity index is 659.